The zero-order valence-electron chi connectivity index (χ0n) is 23.2. The predicted octanol–water partition coefficient (Wildman–Crippen LogP) is 6.55. The van der Waals surface area contributed by atoms with E-state index in [9.17, 15) is 14.4 Å². The molecule has 8 rings (SSSR count). The van der Waals surface area contributed by atoms with Crippen LogP contribution < -0.4 is 9.77 Å². The van der Waals surface area contributed by atoms with Crippen LogP contribution in [-0.2, 0) is 9.59 Å². The average Bonchev–Trinajstić information content (AvgIpc) is 3.73. The van der Waals surface area contributed by atoms with Crippen molar-refractivity contribution in [3.63, 3.8) is 0 Å². The van der Waals surface area contributed by atoms with Crippen LogP contribution in [0.15, 0.2) is 137 Å². The third-order valence-electron chi connectivity index (χ3n) is 8.14. The predicted molar refractivity (Wildman–Crippen MR) is 173 cm³/mol. The summed E-state index contributed by atoms with van der Waals surface area (Å²) in [5, 5.41) is 5.02. The van der Waals surface area contributed by atoms with Crippen LogP contribution in [0.25, 0.3) is 22.6 Å². The molecular weight excluding hydrogens is 589 g/mol. The molecule has 9 heteroatoms. The van der Waals surface area contributed by atoms with E-state index in [1.165, 1.54) is 16.7 Å². The minimum atomic E-state index is -0.724. The number of amides is 2. The molecule has 2 aliphatic heterocycles. The van der Waals surface area contributed by atoms with Crippen molar-refractivity contribution >= 4 is 40.6 Å². The number of hydrogen-bond acceptors (Lipinski definition) is 6. The molecule has 44 heavy (non-hydrogen) atoms. The molecule has 0 bridgehead atoms. The molecule has 4 heterocycles. The molecule has 214 valence electrons. The average molecular weight is 613 g/mol. The Kier molecular flexibility index (Phi) is 6.43. The Bertz CT molecular complexity index is 2070. The Balaban J connectivity index is 1.39. The number of imide groups is 1. The topological polar surface area (TPSA) is 77.2 Å². The first kappa shape index (κ1) is 26.6. The number of carbonyl (C=O) groups excluding carboxylic acids is 2. The van der Waals surface area contributed by atoms with Crippen molar-refractivity contribution in [3.8, 4) is 22.6 Å². The molecule has 1 fully saturated rings. The number of hydrogen-bond donors (Lipinski definition) is 0. The molecule has 1 saturated heterocycles. The summed E-state index contributed by atoms with van der Waals surface area (Å²) < 4.78 is 3.50. The van der Waals surface area contributed by atoms with Crippen LogP contribution in [-0.4, -0.2) is 31.4 Å². The van der Waals surface area contributed by atoms with E-state index in [2.05, 4.69) is 0 Å². The molecule has 6 aromatic rings. The fourth-order valence-electron chi connectivity index (χ4n) is 6.19. The summed E-state index contributed by atoms with van der Waals surface area (Å²) in [5.41, 5.74) is 4.53. The molecule has 0 radical (unpaired) electrons. The second-order valence-corrected chi connectivity index (χ2v) is 12.8. The minimum absolute atomic E-state index is 0.157. The van der Waals surface area contributed by atoms with Gasteiger partial charge in [0, 0.05) is 28.1 Å². The summed E-state index contributed by atoms with van der Waals surface area (Å²) in [6, 6.07) is 38.2. The lowest BCUT2D eigenvalue weighted by Crippen LogP contribution is -2.32. The van der Waals surface area contributed by atoms with Gasteiger partial charge in [0.1, 0.15) is 5.25 Å². The summed E-state index contributed by atoms with van der Waals surface area (Å²) in [6.07, 6.45) is 1.96. The molecular formula is C35H24N4O3S2. The van der Waals surface area contributed by atoms with Gasteiger partial charge in [0.15, 0.2) is 0 Å². The summed E-state index contributed by atoms with van der Waals surface area (Å²) in [4.78, 5) is 44.2. The smallest absolute Gasteiger partial charge is 0.274 e. The summed E-state index contributed by atoms with van der Waals surface area (Å²) >= 11 is 2.46. The van der Waals surface area contributed by atoms with E-state index in [4.69, 9.17) is 5.10 Å². The molecule has 4 aromatic carbocycles. The number of thioether (sulfide) groups is 1. The van der Waals surface area contributed by atoms with Crippen molar-refractivity contribution in [3.05, 3.63) is 148 Å². The van der Waals surface area contributed by atoms with Crippen molar-refractivity contribution in [2.75, 3.05) is 4.90 Å². The van der Waals surface area contributed by atoms with E-state index in [-0.39, 0.29) is 16.7 Å². The number of anilines is 1. The molecule has 7 nitrogen and oxygen atoms in total. The van der Waals surface area contributed by atoms with Crippen LogP contribution >= 0.6 is 23.1 Å². The summed E-state index contributed by atoms with van der Waals surface area (Å²) in [5.74, 6) is -1.84. The molecule has 3 atom stereocenters. The SMILES string of the molecule is O=C1[C@H]2[C@@H](c3cn(-c4ccccc4)nc3-c3ccccc3)c3sc(=O)n(-c4ccccc4)c3S[C@H]2C(=O)N1c1ccccc1. The number of carbonyl (C=O) groups is 2. The second kappa shape index (κ2) is 10.6. The van der Waals surface area contributed by atoms with Gasteiger partial charge in [0.05, 0.1) is 33.7 Å². The van der Waals surface area contributed by atoms with Gasteiger partial charge in [-0.15, -0.1) is 0 Å². The third-order valence-corrected chi connectivity index (χ3v) is 10.7. The zero-order valence-corrected chi connectivity index (χ0v) is 24.8. The Morgan fingerprint density at radius 2 is 1.20 bits per heavy atom. The summed E-state index contributed by atoms with van der Waals surface area (Å²) in [7, 11) is 0. The number of aromatic nitrogens is 3. The summed E-state index contributed by atoms with van der Waals surface area (Å²) in [6.45, 7) is 0. The second-order valence-electron chi connectivity index (χ2n) is 10.7. The van der Waals surface area contributed by atoms with Crippen molar-refractivity contribution in [2.45, 2.75) is 16.2 Å². The van der Waals surface area contributed by atoms with Gasteiger partial charge >= 0.3 is 4.87 Å². The Labute approximate surface area is 261 Å². The molecule has 2 aromatic heterocycles. The quantitative estimate of drug-likeness (QED) is 0.207. The molecule has 2 aliphatic rings. The Morgan fingerprint density at radius 1 is 0.636 bits per heavy atom. The molecule has 0 saturated carbocycles. The van der Waals surface area contributed by atoms with Crippen LogP contribution in [0.5, 0.6) is 0 Å². The lowest BCUT2D eigenvalue weighted by molar-refractivity contribution is -0.122. The van der Waals surface area contributed by atoms with Gasteiger partial charge in [-0.05, 0) is 36.4 Å². The number of thiazole rings is 1. The first-order chi connectivity index (χ1) is 21.6. The molecule has 0 unspecified atom stereocenters. The van der Waals surface area contributed by atoms with Gasteiger partial charge in [-0.25, -0.2) is 9.58 Å². The first-order valence-electron chi connectivity index (χ1n) is 14.2. The van der Waals surface area contributed by atoms with E-state index >= 15 is 0 Å². The molecule has 0 aliphatic carbocycles. The van der Waals surface area contributed by atoms with Crippen LogP contribution in [0, 0.1) is 5.92 Å². The maximum atomic E-state index is 14.4. The highest BCUT2D eigenvalue weighted by molar-refractivity contribution is 8.00. The lowest BCUT2D eigenvalue weighted by atomic mass is 9.82. The first-order valence-corrected chi connectivity index (χ1v) is 15.9. The van der Waals surface area contributed by atoms with Crippen molar-refractivity contribution in [1.29, 1.82) is 0 Å². The van der Waals surface area contributed by atoms with Crippen LogP contribution in [0.3, 0.4) is 0 Å². The van der Waals surface area contributed by atoms with E-state index in [0.717, 1.165) is 38.7 Å². The van der Waals surface area contributed by atoms with E-state index < -0.39 is 17.1 Å². The zero-order chi connectivity index (χ0) is 29.8. The standard InChI is InChI=1S/C35H24N4O3S2/c40-32-28-27(26-21-37(23-15-7-2-8-16-23)36-29(26)22-13-5-1-6-14-22)31-34(39(35(42)44-31)25-19-11-4-12-20-25)43-30(28)33(41)38(32)24-17-9-3-10-18-24/h1-21,27-28,30H/t27-,28+,30-/m1/s1. The highest BCUT2D eigenvalue weighted by atomic mass is 32.2. The van der Waals surface area contributed by atoms with Crippen molar-refractivity contribution in [2.24, 2.45) is 5.92 Å². The van der Waals surface area contributed by atoms with Crippen LogP contribution in [0.2, 0.25) is 0 Å². The number of benzene rings is 4. The van der Waals surface area contributed by atoms with Gasteiger partial charge in [-0.1, -0.05) is 108 Å². The fourth-order valence-corrected chi connectivity index (χ4v) is 8.98. The van der Waals surface area contributed by atoms with Crippen LogP contribution in [0.1, 0.15) is 16.4 Å². The van der Waals surface area contributed by atoms with Crippen molar-refractivity contribution < 1.29 is 9.59 Å². The van der Waals surface area contributed by atoms with E-state index in [0.29, 0.717) is 16.4 Å². The van der Waals surface area contributed by atoms with Gasteiger partial charge < -0.3 is 0 Å². The number of para-hydroxylation sites is 3. The van der Waals surface area contributed by atoms with Crippen LogP contribution in [0.4, 0.5) is 5.69 Å². The van der Waals surface area contributed by atoms with Gasteiger partial charge in [-0.3, -0.25) is 19.0 Å². The van der Waals surface area contributed by atoms with Crippen molar-refractivity contribution in [1.82, 2.24) is 14.3 Å². The largest absolute Gasteiger partial charge is 0.312 e. The molecule has 2 amide bonds. The lowest BCUT2D eigenvalue weighted by Gasteiger charge is -2.30. The normalized spacial score (nSPS) is 19.2. The van der Waals surface area contributed by atoms with Gasteiger partial charge in [-0.2, -0.15) is 5.10 Å². The molecule has 0 N–H and O–H groups in total. The number of nitrogens with zero attached hydrogens (tertiary/aromatic N) is 4. The maximum absolute atomic E-state index is 14.4. The molecule has 0 spiro atoms. The highest BCUT2D eigenvalue weighted by Gasteiger charge is 2.57. The Hall–Kier alpha value is -4.99. The monoisotopic (exact) mass is 612 g/mol. The number of fused-ring (bicyclic) bond motifs is 2. The van der Waals surface area contributed by atoms with E-state index in [1.54, 1.807) is 16.7 Å². The van der Waals surface area contributed by atoms with E-state index in [1.807, 2.05) is 120 Å². The Morgan fingerprint density at radius 3 is 1.84 bits per heavy atom. The maximum Gasteiger partial charge on any atom is 0.312 e. The van der Waals surface area contributed by atoms with Gasteiger partial charge in [0.2, 0.25) is 11.8 Å². The van der Waals surface area contributed by atoms with Gasteiger partial charge in [0.25, 0.3) is 0 Å². The number of rotatable bonds is 5. The third kappa shape index (κ3) is 4.19. The fraction of sp³-hybridized carbons (Fsp3) is 0.0857. The minimum Gasteiger partial charge on any atom is -0.274 e. The highest BCUT2D eigenvalue weighted by Crippen LogP contribution is 2.55.